The lowest BCUT2D eigenvalue weighted by Gasteiger charge is -2.47. The van der Waals surface area contributed by atoms with Gasteiger partial charge in [0.2, 0.25) is 5.43 Å². The highest BCUT2D eigenvalue weighted by Crippen LogP contribution is 2.42. The molecule has 0 atom stereocenters. The van der Waals surface area contributed by atoms with Crippen molar-refractivity contribution in [2.45, 2.75) is 31.3 Å². The Hall–Kier alpha value is -2.35. The minimum Gasteiger partial charge on any atom is -0.363 e. The van der Waals surface area contributed by atoms with Crippen LogP contribution in [0.15, 0.2) is 15.7 Å². The number of H-pyrrole nitrogens is 1. The summed E-state index contributed by atoms with van der Waals surface area (Å²) in [5.74, 6) is -1.57. The molecule has 1 aliphatic heterocycles. The van der Waals surface area contributed by atoms with Crippen molar-refractivity contribution < 1.29 is 21.8 Å². The van der Waals surface area contributed by atoms with Gasteiger partial charge in [-0.25, -0.2) is 8.78 Å². The largest absolute Gasteiger partial charge is 0.363 e. The van der Waals surface area contributed by atoms with E-state index in [2.05, 4.69) is 4.37 Å². The quantitative estimate of drug-likeness (QED) is 0.479. The van der Waals surface area contributed by atoms with Crippen LogP contribution < -0.4 is 21.6 Å². The number of fused-ring (bicyclic) bond motifs is 2. The normalized spacial score (nSPS) is 18.1. The van der Waals surface area contributed by atoms with E-state index in [1.54, 1.807) is 9.47 Å². The number of halogens is 2. The van der Waals surface area contributed by atoms with Gasteiger partial charge in [-0.1, -0.05) is 0 Å². The lowest BCUT2D eigenvalue weighted by molar-refractivity contribution is 0.357. The average molecular weight is 475 g/mol. The Morgan fingerprint density at radius 2 is 1.87 bits per heavy atom. The molecule has 3 aromatic rings. The summed E-state index contributed by atoms with van der Waals surface area (Å²) >= 11 is 1.02. The molecule has 1 aliphatic carbocycles. The van der Waals surface area contributed by atoms with Crippen LogP contribution in [0.4, 0.5) is 14.5 Å². The van der Waals surface area contributed by atoms with E-state index in [1.165, 1.54) is 0 Å². The van der Waals surface area contributed by atoms with Crippen molar-refractivity contribution in [3.63, 3.8) is 0 Å². The van der Waals surface area contributed by atoms with Crippen LogP contribution in [-0.2, 0) is 10.1 Å². The second-order valence-corrected chi connectivity index (χ2v) is 10.6. The Morgan fingerprint density at radius 3 is 2.39 bits per heavy atom. The van der Waals surface area contributed by atoms with E-state index in [4.69, 9.17) is 10.3 Å². The molecule has 4 N–H and O–H groups in total. The summed E-state index contributed by atoms with van der Waals surface area (Å²) in [6, 6.07) is 1.06. The highest BCUT2D eigenvalue weighted by atomic mass is 32.2. The minimum atomic E-state index is -3.67. The summed E-state index contributed by atoms with van der Waals surface area (Å²) in [4.78, 5) is 26.8. The number of hydrogen-bond donors (Lipinski definition) is 3. The number of hydrogen-bond acceptors (Lipinski definition) is 7. The Balaban J connectivity index is 0.000000418. The van der Waals surface area contributed by atoms with Crippen LogP contribution in [0.5, 0.6) is 0 Å². The van der Waals surface area contributed by atoms with Crippen LogP contribution in [0.1, 0.15) is 25.8 Å². The summed E-state index contributed by atoms with van der Waals surface area (Å²) in [6.07, 6.45) is 2.37. The predicted molar refractivity (Wildman–Crippen MR) is 115 cm³/mol. The van der Waals surface area contributed by atoms with Crippen molar-refractivity contribution in [2.75, 3.05) is 24.2 Å². The van der Waals surface area contributed by atoms with Gasteiger partial charge in [0.1, 0.15) is 21.7 Å². The summed E-state index contributed by atoms with van der Waals surface area (Å²) in [5, 5.41) is -0.123. The Kier molecular flexibility index (Phi) is 5.00. The van der Waals surface area contributed by atoms with Crippen LogP contribution in [0, 0.1) is 11.6 Å². The topological polar surface area (TPSA) is 138 Å². The minimum absolute atomic E-state index is 0.0102. The first kappa shape index (κ1) is 21.9. The maximum atomic E-state index is 15.5. The summed E-state index contributed by atoms with van der Waals surface area (Å²) in [7, 11) is -3.67. The van der Waals surface area contributed by atoms with Gasteiger partial charge in [0, 0.05) is 24.7 Å². The number of pyridine rings is 1. The number of anilines is 1. The molecule has 0 spiro atoms. The molecule has 0 unspecified atom stereocenters. The van der Waals surface area contributed by atoms with E-state index in [-0.39, 0.29) is 28.0 Å². The molecule has 2 aliphatic rings. The summed E-state index contributed by atoms with van der Waals surface area (Å²) < 4.78 is 60.3. The molecule has 3 heterocycles. The van der Waals surface area contributed by atoms with Gasteiger partial charge < -0.3 is 15.2 Å². The molecule has 0 bridgehead atoms. The molecule has 1 saturated carbocycles. The number of nitrogens with two attached hydrogens (primary N) is 1. The first-order valence-electron chi connectivity index (χ1n) is 9.32. The highest BCUT2D eigenvalue weighted by Gasteiger charge is 2.39. The summed E-state index contributed by atoms with van der Waals surface area (Å²) in [5.41, 5.74) is 4.25. The first-order valence-corrected chi connectivity index (χ1v) is 12.0. The maximum absolute atomic E-state index is 15.5. The monoisotopic (exact) mass is 474 g/mol. The number of nitrogens with zero attached hydrogens (tertiary/aromatic N) is 2. The number of nitrogens with one attached hydrogen (secondary N) is 1. The lowest BCUT2D eigenvalue weighted by atomic mass is 9.92. The molecule has 31 heavy (non-hydrogen) atoms. The molecule has 2 fully saturated rings. The second kappa shape index (κ2) is 7.08. The second-order valence-electron chi connectivity index (χ2n) is 8.30. The van der Waals surface area contributed by atoms with E-state index in [0.717, 1.165) is 30.4 Å². The van der Waals surface area contributed by atoms with Gasteiger partial charge >= 0.3 is 0 Å². The Bertz CT molecular complexity index is 1420. The van der Waals surface area contributed by atoms with Crippen molar-refractivity contribution in [2.24, 2.45) is 5.73 Å². The standard InChI is InChI=1S/C17H16F2N4O2S.CH4O3S/c1-17(20)5-22(6-17)13-9(18)4-8-12(11(13)19)23(7-2-3-7)16-10(14(8)24)15(25)21-26-16;1-5(2,3)4/h4,7H,2-3,5-6,20H2,1H3,(H,21,25);1H3,(H,2,3,4). The molecule has 0 amide bonds. The smallest absolute Gasteiger partial charge is 0.271 e. The van der Waals surface area contributed by atoms with Gasteiger partial charge in [-0.15, -0.1) is 0 Å². The van der Waals surface area contributed by atoms with Crippen molar-refractivity contribution >= 4 is 48.5 Å². The van der Waals surface area contributed by atoms with Crippen LogP contribution >= 0.6 is 11.5 Å². The maximum Gasteiger partial charge on any atom is 0.271 e. The van der Waals surface area contributed by atoms with Crippen molar-refractivity contribution in [3.05, 3.63) is 38.3 Å². The van der Waals surface area contributed by atoms with Gasteiger partial charge in [-0.3, -0.25) is 18.5 Å². The lowest BCUT2D eigenvalue weighted by Crippen LogP contribution is -2.66. The van der Waals surface area contributed by atoms with Crippen LogP contribution in [0.2, 0.25) is 0 Å². The Morgan fingerprint density at radius 1 is 1.29 bits per heavy atom. The molecule has 1 saturated heterocycles. The molecular weight excluding hydrogens is 454 g/mol. The van der Waals surface area contributed by atoms with E-state index in [9.17, 15) is 22.4 Å². The summed E-state index contributed by atoms with van der Waals surface area (Å²) in [6.45, 7) is 2.49. The zero-order valence-corrected chi connectivity index (χ0v) is 18.2. The van der Waals surface area contributed by atoms with Crippen LogP contribution in [0.25, 0.3) is 21.1 Å². The number of aromatic amines is 1. The fraction of sp³-hybridized carbons (Fsp3) is 0.444. The van der Waals surface area contributed by atoms with Gasteiger partial charge in [0.25, 0.3) is 15.7 Å². The third kappa shape index (κ3) is 3.97. The fourth-order valence-corrected chi connectivity index (χ4v) is 4.78. The fourth-order valence-electron chi connectivity index (χ4n) is 3.86. The third-order valence-electron chi connectivity index (χ3n) is 5.11. The molecule has 5 rings (SSSR count). The molecule has 2 aromatic heterocycles. The van der Waals surface area contributed by atoms with Crippen molar-refractivity contribution in [3.8, 4) is 0 Å². The number of rotatable bonds is 2. The van der Waals surface area contributed by atoms with Crippen LogP contribution in [-0.4, -0.2) is 46.8 Å². The average Bonchev–Trinajstić information content (AvgIpc) is 3.35. The molecule has 168 valence electrons. The first-order chi connectivity index (χ1) is 14.3. The van der Waals surface area contributed by atoms with Gasteiger partial charge in [-0.2, -0.15) is 8.42 Å². The SMILES string of the molecule is CC1(N)CN(c2c(F)cc3c(=O)c4c(=O)[nH]sc4n(C4CC4)c3c2F)C1.CS(=O)(=O)O. The van der Waals surface area contributed by atoms with E-state index in [1.807, 2.05) is 6.92 Å². The predicted octanol–water partition coefficient (Wildman–Crippen LogP) is 1.56. The van der Waals surface area contributed by atoms with Crippen molar-refractivity contribution in [1.82, 2.24) is 8.94 Å². The number of aromatic nitrogens is 2. The van der Waals surface area contributed by atoms with Gasteiger partial charge in [0.15, 0.2) is 5.82 Å². The van der Waals surface area contributed by atoms with Gasteiger partial charge in [0.05, 0.1) is 17.2 Å². The van der Waals surface area contributed by atoms with Gasteiger partial charge in [-0.05, 0) is 37.4 Å². The Labute approximate surface area is 179 Å². The third-order valence-corrected chi connectivity index (χ3v) is 5.99. The molecule has 1 aromatic carbocycles. The highest BCUT2D eigenvalue weighted by molar-refractivity contribution is 7.85. The van der Waals surface area contributed by atoms with E-state index < -0.39 is 38.3 Å². The number of benzene rings is 1. The van der Waals surface area contributed by atoms with Crippen LogP contribution in [0.3, 0.4) is 0 Å². The molecular formula is C18H20F2N4O5S2. The molecule has 0 radical (unpaired) electrons. The molecule has 9 nitrogen and oxygen atoms in total. The molecule has 13 heteroatoms. The zero-order chi connectivity index (χ0) is 22.9. The van der Waals surface area contributed by atoms with Crippen molar-refractivity contribution in [1.29, 1.82) is 0 Å². The van der Waals surface area contributed by atoms with E-state index >= 15 is 4.39 Å². The zero-order valence-electron chi connectivity index (χ0n) is 16.6. The van der Waals surface area contributed by atoms with E-state index in [0.29, 0.717) is 24.2 Å².